The highest BCUT2D eigenvalue weighted by Crippen LogP contribution is 2.29. The second-order valence-corrected chi connectivity index (χ2v) is 3.58. The molecule has 0 aliphatic carbocycles. The van der Waals surface area contributed by atoms with E-state index in [0.29, 0.717) is 6.61 Å². The molecule has 1 aromatic carbocycles. The van der Waals surface area contributed by atoms with Crippen LogP contribution in [0.2, 0.25) is 0 Å². The maximum atomic E-state index is 5.80. The third-order valence-electron chi connectivity index (χ3n) is 2.28. The molecule has 3 heteroatoms. The number of nitrogens with two attached hydrogens (primary N) is 1. The fourth-order valence-electron chi connectivity index (χ4n) is 1.32. The number of rotatable bonds is 5. The van der Waals surface area contributed by atoms with E-state index in [2.05, 4.69) is 0 Å². The Morgan fingerprint density at radius 1 is 1.38 bits per heavy atom. The molecule has 0 saturated heterocycles. The van der Waals surface area contributed by atoms with Gasteiger partial charge in [-0.15, -0.1) is 0 Å². The molecule has 0 saturated carbocycles. The first-order chi connectivity index (χ1) is 7.69. The van der Waals surface area contributed by atoms with Crippen LogP contribution in [0, 0.1) is 0 Å². The first kappa shape index (κ1) is 12.6. The molecule has 0 heterocycles. The van der Waals surface area contributed by atoms with Crippen molar-refractivity contribution in [3.8, 4) is 11.5 Å². The monoisotopic (exact) mass is 221 g/mol. The average molecular weight is 221 g/mol. The summed E-state index contributed by atoms with van der Waals surface area (Å²) < 4.78 is 10.8. The van der Waals surface area contributed by atoms with Gasteiger partial charge in [0.25, 0.3) is 0 Å². The summed E-state index contributed by atoms with van der Waals surface area (Å²) in [6.45, 7) is 4.44. The quantitative estimate of drug-likeness (QED) is 0.777. The highest BCUT2D eigenvalue weighted by molar-refractivity contribution is 5.43. The first-order valence-corrected chi connectivity index (χ1v) is 5.36. The zero-order valence-corrected chi connectivity index (χ0v) is 10.1. The Morgan fingerprint density at radius 2 is 2.12 bits per heavy atom. The van der Waals surface area contributed by atoms with Crippen LogP contribution in [-0.4, -0.2) is 13.7 Å². The molecular weight excluding hydrogens is 202 g/mol. The summed E-state index contributed by atoms with van der Waals surface area (Å²) in [7, 11) is 1.63. The minimum atomic E-state index is -0.00140. The predicted octanol–water partition coefficient (Wildman–Crippen LogP) is 2.67. The fraction of sp³-hybridized carbons (Fsp3) is 0.385. The average Bonchev–Trinajstić information content (AvgIpc) is 2.29. The van der Waals surface area contributed by atoms with E-state index in [1.54, 1.807) is 7.11 Å². The van der Waals surface area contributed by atoms with Gasteiger partial charge in [-0.05, 0) is 31.5 Å². The summed E-state index contributed by atoms with van der Waals surface area (Å²) in [4.78, 5) is 0. The van der Waals surface area contributed by atoms with Crippen molar-refractivity contribution in [1.82, 2.24) is 0 Å². The third-order valence-corrected chi connectivity index (χ3v) is 2.28. The maximum Gasteiger partial charge on any atom is 0.161 e. The Bertz CT molecular complexity index is 359. The van der Waals surface area contributed by atoms with Crippen LogP contribution in [0.15, 0.2) is 30.4 Å². The van der Waals surface area contributed by atoms with Gasteiger partial charge in [-0.3, -0.25) is 0 Å². The Hall–Kier alpha value is -1.48. The molecule has 0 bridgehead atoms. The molecule has 0 fully saturated rings. The molecule has 0 aliphatic heterocycles. The summed E-state index contributed by atoms with van der Waals surface area (Å²) >= 11 is 0. The van der Waals surface area contributed by atoms with Gasteiger partial charge in [-0.2, -0.15) is 0 Å². The number of ether oxygens (including phenoxy) is 2. The molecule has 0 amide bonds. The van der Waals surface area contributed by atoms with E-state index in [-0.39, 0.29) is 6.04 Å². The van der Waals surface area contributed by atoms with Gasteiger partial charge in [-0.1, -0.05) is 18.2 Å². The molecule has 0 aliphatic rings. The van der Waals surface area contributed by atoms with Crippen molar-refractivity contribution in [2.45, 2.75) is 19.9 Å². The van der Waals surface area contributed by atoms with E-state index in [1.807, 2.05) is 44.2 Å². The van der Waals surface area contributed by atoms with E-state index in [9.17, 15) is 0 Å². The lowest BCUT2D eigenvalue weighted by Crippen LogP contribution is -2.05. The molecule has 1 aromatic rings. The van der Waals surface area contributed by atoms with Gasteiger partial charge in [0, 0.05) is 6.04 Å². The number of methoxy groups -OCH3 is 1. The van der Waals surface area contributed by atoms with Crippen LogP contribution in [0.4, 0.5) is 0 Å². The minimum Gasteiger partial charge on any atom is -0.493 e. The van der Waals surface area contributed by atoms with Crippen molar-refractivity contribution in [2.24, 2.45) is 5.73 Å². The van der Waals surface area contributed by atoms with E-state index >= 15 is 0 Å². The molecule has 1 atom stereocenters. The number of allylic oxidation sites excluding steroid dienone is 1. The lowest BCUT2D eigenvalue weighted by atomic mass is 10.1. The van der Waals surface area contributed by atoms with Crippen LogP contribution >= 0.6 is 0 Å². The summed E-state index contributed by atoms with van der Waals surface area (Å²) in [5.74, 6) is 1.46. The molecule has 0 spiro atoms. The van der Waals surface area contributed by atoms with Gasteiger partial charge in [0.05, 0.1) is 7.11 Å². The minimum absolute atomic E-state index is 0.00140. The van der Waals surface area contributed by atoms with Gasteiger partial charge < -0.3 is 15.2 Å². The SMILES string of the molecule is C/C=C/COc1ccc(C(C)N)cc1OC. The van der Waals surface area contributed by atoms with Crippen LogP contribution in [-0.2, 0) is 0 Å². The van der Waals surface area contributed by atoms with Crippen LogP contribution in [0.3, 0.4) is 0 Å². The third kappa shape index (κ3) is 3.28. The zero-order valence-electron chi connectivity index (χ0n) is 10.1. The summed E-state index contributed by atoms with van der Waals surface area (Å²) in [6.07, 6.45) is 3.89. The lowest BCUT2D eigenvalue weighted by Gasteiger charge is -2.12. The molecule has 2 N–H and O–H groups in total. The lowest BCUT2D eigenvalue weighted by molar-refractivity contribution is 0.325. The molecule has 0 aromatic heterocycles. The predicted molar refractivity (Wildman–Crippen MR) is 65.9 cm³/mol. The second kappa shape index (κ2) is 6.18. The summed E-state index contributed by atoms with van der Waals surface area (Å²) in [5, 5.41) is 0. The van der Waals surface area contributed by atoms with E-state index in [4.69, 9.17) is 15.2 Å². The summed E-state index contributed by atoms with van der Waals surface area (Å²) in [6, 6.07) is 5.76. The van der Waals surface area contributed by atoms with Crippen LogP contribution in [0.1, 0.15) is 25.5 Å². The van der Waals surface area contributed by atoms with E-state index in [0.717, 1.165) is 17.1 Å². The molecule has 16 heavy (non-hydrogen) atoms. The first-order valence-electron chi connectivity index (χ1n) is 5.36. The van der Waals surface area contributed by atoms with Crippen LogP contribution in [0.25, 0.3) is 0 Å². The molecule has 3 nitrogen and oxygen atoms in total. The van der Waals surface area contributed by atoms with Crippen molar-refractivity contribution < 1.29 is 9.47 Å². The molecule has 0 radical (unpaired) electrons. The number of benzene rings is 1. The highest BCUT2D eigenvalue weighted by atomic mass is 16.5. The van der Waals surface area contributed by atoms with Crippen molar-refractivity contribution in [3.05, 3.63) is 35.9 Å². The number of hydrogen-bond acceptors (Lipinski definition) is 3. The normalized spacial score (nSPS) is 12.8. The van der Waals surface area contributed by atoms with Crippen molar-refractivity contribution in [1.29, 1.82) is 0 Å². The van der Waals surface area contributed by atoms with Gasteiger partial charge in [0.2, 0.25) is 0 Å². The fourth-order valence-corrected chi connectivity index (χ4v) is 1.32. The van der Waals surface area contributed by atoms with Crippen LogP contribution < -0.4 is 15.2 Å². The zero-order chi connectivity index (χ0) is 12.0. The van der Waals surface area contributed by atoms with E-state index in [1.165, 1.54) is 0 Å². The largest absolute Gasteiger partial charge is 0.493 e. The van der Waals surface area contributed by atoms with Gasteiger partial charge in [0.1, 0.15) is 6.61 Å². The molecule has 88 valence electrons. The van der Waals surface area contributed by atoms with Crippen molar-refractivity contribution >= 4 is 0 Å². The Morgan fingerprint density at radius 3 is 2.69 bits per heavy atom. The number of hydrogen-bond donors (Lipinski definition) is 1. The van der Waals surface area contributed by atoms with Gasteiger partial charge in [0.15, 0.2) is 11.5 Å². The second-order valence-electron chi connectivity index (χ2n) is 3.58. The van der Waals surface area contributed by atoms with Gasteiger partial charge in [-0.25, -0.2) is 0 Å². The smallest absolute Gasteiger partial charge is 0.161 e. The summed E-state index contributed by atoms with van der Waals surface area (Å²) in [5.41, 5.74) is 6.84. The van der Waals surface area contributed by atoms with Crippen LogP contribution in [0.5, 0.6) is 11.5 Å². The molecule has 1 rings (SSSR count). The standard InChI is InChI=1S/C13H19NO2/c1-4-5-8-16-12-7-6-11(10(2)14)9-13(12)15-3/h4-7,9-10H,8,14H2,1-3H3/b5-4+. The van der Waals surface area contributed by atoms with Crippen molar-refractivity contribution in [3.63, 3.8) is 0 Å². The Labute approximate surface area is 96.9 Å². The van der Waals surface area contributed by atoms with Crippen molar-refractivity contribution in [2.75, 3.05) is 13.7 Å². The van der Waals surface area contributed by atoms with Gasteiger partial charge >= 0.3 is 0 Å². The Balaban J connectivity index is 2.84. The molecular formula is C13H19NO2. The Kier molecular flexibility index (Phi) is 4.86. The maximum absolute atomic E-state index is 5.80. The van der Waals surface area contributed by atoms with E-state index < -0.39 is 0 Å². The molecule has 1 unspecified atom stereocenters. The topological polar surface area (TPSA) is 44.5 Å². The highest BCUT2D eigenvalue weighted by Gasteiger charge is 2.07.